The standard InChI is InChI=1S/C14H18ClNO3/c1-4-5-19-14-12(15)6-11(7-13(14)18-3)9-16-8-10(2)17/h1,6-7,10,16-17H,5,8-9H2,2-3H3/t10-/m0/s1. The first-order valence-electron chi connectivity index (χ1n) is 5.90. The number of nitrogens with one attached hydrogen (secondary N) is 1. The predicted molar refractivity (Wildman–Crippen MR) is 75.7 cm³/mol. The van der Waals surface area contributed by atoms with E-state index in [0.717, 1.165) is 5.56 Å². The molecule has 4 nitrogen and oxygen atoms in total. The van der Waals surface area contributed by atoms with Crippen molar-refractivity contribution in [1.29, 1.82) is 0 Å². The third-order valence-electron chi connectivity index (χ3n) is 2.36. The third-order valence-corrected chi connectivity index (χ3v) is 2.64. The highest BCUT2D eigenvalue weighted by Gasteiger charge is 2.11. The second kappa shape index (κ2) is 7.90. The first-order valence-corrected chi connectivity index (χ1v) is 6.27. The second-order valence-corrected chi connectivity index (χ2v) is 4.49. The summed E-state index contributed by atoms with van der Waals surface area (Å²) in [5, 5.41) is 12.7. The summed E-state index contributed by atoms with van der Waals surface area (Å²) in [5.74, 6) is 3.36. The maximum atomic E-state index is 9.17. The van der Waals surface area contributed by atoms with E-state index in [0.29, 0.717) is 29.6 Å². The predicted octanol–water partition coefficient (Wildman–Crippen LogP) is 1.83. The fourth-order valence-corrected chi connectivity index (χ4v) is 1.84. The van der Waals surface area contributed by atoms with Crippen LogP contribution in [0.25, 0.3) is 0 Å². The summed E-state index contributed by atoms with van der Waals surface area (Å²) >= 11 is 6.14. The number of terminal acetylenes is 1. The van der Waals surface area contributed by atoms with Crippen molar-refractivity contribution >= 4 is 11.6 Å². The van der Waals surface area contributed by atoms with Crippen molar-refractivity contribution < 1.29 is 14.6 Å². The van der Waals surface area contributed by atoms with Crippen LogP contribution in [0.2, 0.25) is 5.02 Å². The van der Waals surface area contributed by atoms with Crippen molar-refractivity contribution in [3.8, 4) is 23.8 Å². The van der Waals surface area contributed by atoms with Gasteiger partial charge in [-0.15, -0.1) is 6.42 Å². The zero-order valence-electron chi connectivity index (χ0n) is 11.1. The van der Waals surface area contributed by atoms with E-state index in [9.17, 15) is 5.11 Å². The van der Waals surface area contributed by atoms with Crippen molar-refractivity contribution in [2.45, 2.75) is 19.6 Å². The van der Waals surface area contributed by atoms with Gasteiger partial charge < -0.3 is 19.9 Å². The van der Waals surface area contributed by atoms with Gasteiger partial charge in [0.2, 0.25) is 0 Å². The van der Waals surface area contributed by atoms with Crippen molar-refractivity contribution in [1.82, 2.24) is 5.32 Å². The summed E-state index contributed by atoms with van der Waals surface area (Å²) in [6.45, 7) is 2.94. The second-order valence-electron chi connectivity index (χ2n) is 4.08. The molecule has 5 heteroatoms. The first kappa shape index (κ1) is 15.6. The van der Waals surface area contributed by atoms with Crippen LogP contribution in [0.4, 0.5) is 0 Å². The van der Waals surface area contributed by atoms with Crippen LogP contribution in [0.3, 0.4) is 0 Å². The van der Waals surface area contributed by atoms with E-state index in [-0.39, 0.29) is 6.61 Å². The molecule has 0 unspecified atom stereocenters. The Morgan fingerprint density at radius 2 is 2.26 bits per heavy atom. The number of benzene rings is 1. The Morgan fingerprint density at radius 3 is 2.84 bits per heavy atom. The lowest BCUT2D eigenvalue weighted by molar-refractivity contribution is 0.191. The van der Waals surface area contributed by atoms with Gasteiger partial charge >= 0.3 is 0 Å². The quantitative estimate of drug-likeness (QED) is 0.750. The van der Waals surface area contributed by atoms with Gasteiger partial charge in [-0.05, 0) is 24.6 Å². The van der Waals surface area contributed by atoms with Crippen LogP contribution >= 0.6 is 11.6 Å². The molecule has 0 aliphatic carbocycles. The highest BCUT2D eigenvalue weighted by atomic mass is 35.5. The molecule has 19 heavy (non-hydrogen) atoms. The average molecular weight is 284 g/mol. The Kier molecular flexibility index (Phi) is 6.51. The maximum absolute atomic E-state index is 9.17. The molecule has 0 saturated carbocycles. The number of methoxy groups -OCH3 is 1. The molecule has 0 saturated heterocycles. The number of hydrogen-bond donors (Lipinski definition) is 2. The van der Waals surface area contributed by atoms with Crippen molar-refractivity contribution in [3.05, 3.63) is 22.7 Å². The van der Waals surface area contributed by atoms with E-state index >= 15 is 0 Å². The van der Waals surface area contributed by atoms with Gasteiger partial charge in [-0.2, -0.15) is 0 Å². The smallest absolute Gasteiger partial charge is 0.181 e. The van der Waals surface area contributed by atoms with E-state index in [4.69, 9.17) is 27.5 Å². The SMILES string of the molecule is C#CCOc1c(Cl)cc(CNC[C@H](C)O)cc1OC. The summed E-state index contributed by atoms with van der Waals surface area (Å²) in [5.41, 5.74) is 0.940. The molecule has 1 aromatic rings. The van der Waals surface area contributed by atoms with Gasteiger partial charge in [0.1, 0.15) is 6.61 Å². The van der Waals surface area contributed by atoms with Crippen LogP contribution in [0, 0.1) is 12.3 Å². The molecule has 0 amide bonds. The highest BCUT2D eigenvalue weighted by molar-refractivity contribution is 6.32. The largest absolute Gasteiger partial charge is 0.493 e. The van der Waals surface area contributed by atoms with Crippen LogP contribution in [-0.2, 0) is 6.54 Å². The Morgan fingerprint density at radius 1 is 1.53 bits per heavy atom. The van der Waals surface area contributed by atoms with E-state index in [1.54, 1.807) is 20.1 Å². The van der Waals surface area contributed by atoms with Gasteiger partial charge in [0.05, 0.1) is 18.2 Å². The molecule has 0 spiro atoms. The Balaban J connectivity index is 2.81. The van der Waals surface area contributed by atoms with E-state index in [2.05, 4.69) is 11.2 Å². The highest BCUT2D eigenvalue weighted by Crippen LogP contribution is 2.36. The Labute approximate surface area is 118 Å². The summed E-state index contributed by atoms with van der Waals surface area (Å²) in [4.78, 5) is 0. The molecule has 0 aliphatic heterocycles. The lowest BCUT2D eigenvalue weighted by Gasteiger charge is -2.13. The van der Waals surface area contributed by atoms with E-state index < -0.39 is 6.10 Å². The lowest BCUT2D eigenvalue weighted by atomic mass is 10.2. The van der Waals surface area contributed by atoms with E-state index in [1.165, 1.54) is 0 Å². The van der Waals surface area contributed by atoms with Gasteiger partial charge in [-0.1, -0.05) is 17.5 Å². The molecule has 2 N–H and O–H groups in total. The van der Waals surface area contributed by atoms with Crippen molar-refractivity contribution in [3.63, 3.8) is 0 Å². The molecule has 0 heterocycles. The summed E-state index contributed by atoms with van der Waals surface area (Å²) in [6.07, 6.45) is 4.76. The fourth-order valence-electron chi connectivity index (χ4n) is 1.55. The molecule has 0 radical (unpaired) electrons. The van der Waals surface area contributed by atoms with Crippen molar-refractivity contribution in [2.75, 3.05) is 20.3 Å². The Bertz CT molecular complexity index is 455. The van der Waals surface area contributed by atoms with Gasteiger partial charge in [-0.25, -0.2) is 0 Å². The molecule has 0 aromatic heterocycles. The van der Waals surface area contributed by atoms with Crippen LogP contribution in [0.1, 0.15) is 12.5 Å². The summed E-state index contributed by atoms with van der Waals surface area (Å²) in [7, 11) is 1.54. The number of hydrogen-bond acceptors (Lipinski definition) is 4. The summed E-state index contributed by atoms with van der Waals surface area (Å²) in [6, 6.07) is 3.61. The topological polar surface area (TPSA) is 50.7 Å². The van der Waals surface area contributed by atoms with Gasteiger partial charge in [-0.3, -0.25) is 0 Å². The maximum Gasteiger partial charge on any atom is 0.181 e. The van der Waals surface area contributed by atoms with Crippen molar-refractivity contribution in [2.24, 2.45) is 0 Å². The zero-order valence-corrected chi connectivity index (χ0v) is 11.8. The van der Waals surface area contributed by atoms with Gasteiger partial charge in [0.15, 0.2) is 11.5 Å². The number of aliphatic hydroxyl groups is 1. The van der Waals surface area contributed by atoms with Gasteiger partial charge in [0, 0.05) is 13.1 Å². The molecule has 0 bridgehead atoms. The third kappa shape index (κ3) is 4.99. The first-order chi connectivity index (χ1) is 9.08. The molecule has 104 valence electrons. The minimum absolute atomic E-state index is 0.135. The number of halogens is 1. The molecule has 1 rings (SSSR count). The average Bonchev–Trinajstić information content (AvgIpc) is 2.36. The molecule has 1 aromatic carbocycles. The number of ether oxygens (including phenoxy) is 2. The zero-order chi connectivity index (χ0) is 14.3. The minimum Gasteiger partial charge on any atom is -0.493 e. The molecular formula is C14H18ClNO3. The fraction of sp³-hybridized carbons (Fsp3) is 0.429. The molecule has 0 aliphatic rings. The summed E-state index contributed by atoms with van der Waals surface area (Å²) < 4.78 is 10.6. The molecular weight excluding hydrogens is 266 g/mol. The van der Waals surface area contributed by atoms with Gasteiger partial charge in [0.25, 0.3) is 0 Å². The molecule has 0 fully saturated rings. The van der Waals surface area contributed by atoms with Crippen LogP contribution in [0.5, 0.6) is 11.5 Å². The Hall–Kier alpha value is -1.41. The monoisotopic (exact) mass is 283 g/mol. The normalized spacial score (nSPS) is 11.7. The molecule has 1 atom stereocenters. The van der Waals surface area contributed by atoms with Crippen LogP contribution in [0.15, 0.2) is 12.1 Å². The van der Waals surface area contributed by atoms with Crippen LogP contribution in [-0.4, -0.2) is 31.5 Å². The van der Waals surface area contributed by atoms with Crippen LogP contribution < -0.4 is 14.8 Å². The van der Waals surface area contributed by atoms with E-state index in [1.807, 2.05) is 6.07 Å². The lowest BCUT2D eigenvalue weighted by Crippen LogP contribution is -2.23. The number of rotatable bonds is 7. The number of aliphatic hydroxyl groups excluding tert-OH is 1. The minimum atomic E-state index is -0.393.